The molecule has 2 aromatic heterocycles. The number of aromatic nitrogens is 2. The molecule has 0 bridgehead atoms. The van der Waals surface area contributed by atoms with Crippen molar-refractivity contribution in [2.24, 2.45) is 0 Å². The summed E-state index contributed by atoms with van der Waals surface area (Å²) in [6, 6.07) is 19.3. The van der Waals surface area contributed by atoms with Gasteiger partial charge in [-0.1, -0.05) is 35.9 Å². The van der Waals surface area contributed by atoms with Crippen molar-refractivity contribution in [2.75, 3.05) is 32.7 Å². The molecule has 1 atom stereocenters. The van der Waals surface area contributed by atoms with E-state index in [0.717, 1.165) is 48.8 Å². The first kappa shape index (κ1) is 23.6. The fourth-order valence-electron chi connectivity index (χ4n) is 5.07. The molecule has 1 N–H and O–H groups in total. The second kappa shape index (κ2) is 9.84. The number of hydrogen-bond donors (Lipinski definition) is 1. The van der Waals surface area contributed by atoms with E-state index in [1.54, 1.807) is 11.3 Å². The van der Waals surface area contributed by atoms with Gasteiger partial charge in [0.2, 0.25) is 0 Å². The lowest BCUT2D eigenvalue weighted by atomic mass is 10.1. The van der Waals surface area contributed by atoms with Crippen LogP contribution in [0.3, 0.4) is 0 Å². The highest BCUT2D eigenvalue weighted by molar-refractivity contribution is 6.30. The molecule has 3 heterocycles. The number of benzene rings is 2. The van der Waals surface area contributed by atoms with E-state index >= 15 is 0 Å². The van der Waals surface area contributed by atoms with Crippen LogP contribution in [0.4, 0.5) is 0 Å². The number of aryl methyl sites for hydroxylation is 1. The van der Waals surface area contributed by atoms with Crippen molar-refractivity contribution >= 4 is 28.3 Å². The van der Waals surface area contributed by atoms with Crippen LogP contribution in [0.15, 0.2) is 59.4 Å². The average Bonchev–Trinajstić information content (AvgIpc) is 3.16. The van der Waals surface area contributed by atoms with Crippen LogP contribution < -0.4 is 5.56 Å². The van der Waals surface area contributed by atoms with Crippen LogP contribution in [0.2, 0.25) is 5.02 Å². The van der Waals surface area contributed by atoms with Crippen LogP contribution in [-0.4, -0.2) is 62.7 Å². The van der Waals surface area contributed by atoms with Gasteiger partial charge in [0.1, 0.15) is 11.7 Å². The molecule has 1 fully saturated rings. The van der Waals surface area contributed by atoms with E-state index in [4.69, 9.17) is 11.6 Å². The Morgan fingerprint density at radius 2 is 1.66 bits per heavy atom. The molecule has 7 nitrogen and oxygen atoms in total. The zero-order valence-electron chi connectivity index (χ0n) is 19.7. The maximum Gasteiger partial charge on any atom is 0.257 e. The number of imidazole rings is 1. The molecular formula is C27H28ClN5O2. The van der Waals surface area contributed by atoms with Crippen LogP contribution >= 0.6 is 11.6 Å². The lowest BCUT2D eigenvalue weighted by Gasteiger charge is -2.35. The summed E-state index contributed by atoms with van der Waals surface area (Å²) in [7, 11) is 0. The highest BCUT2D eigenvalue weighted by Gasteiger charge is 2.22. The third-order valence-electron chi connectivity index (χ3n) is 6.82. The van der Waals surface area contributed by atoms with Crippen LogP contribution in [0.25, 0.3) is 16.7 Å². The molecule has 4 aromatic rings. The van der Waals surface area contributed by atoms with Gasteiger partial charge in [-0.25, -0.2) is 0 Å². The predicted molar refractivity (Wildman–Crippen MR) is 138 cm³/mol. The summed E-state index contributed by atoms with van der Waals surface area (Å²) in [6.07, 6.45) is -0.639. The Labute approximate surface area is 209 Å². The van der Waals surface area contributed by atoms with E-state index in [0.29, 0.717) is 29.9 Å². The first-order valence-corrected chi connectivity index (χ1v) is 12.2. The second-order valence-corrected chi connectivity index (χ2v) is 9.70. The Kier molecular flexibility index (Phi) is 6.63. The summed E-state index contributed by atoms with van der Waals surface area (Å²) in [5.74, 6) is 0. The fourth-order valence-corrected chi connectivity index (χ4v) is 5.19. The van der Waals surface area contributed by atoms with E-state index < -0.39 is 6.10 Å². The Morgan fingerprint density at radius 1 is 1.00 bits per heavy atom. The Hall–Kier alpha value is -3.15. The molecule has 0 aliphatic carbocycles. The molecule has 1 aliphatic rings. The number of aliphatic hydroxyl groups is 1. The van der Waals surface area contributed by atoms with Crippen molar-refractivity contribution in [2.45, 2.75) is 26.1 Å². The number of β-amino-alcohol motifs (C(OH)–C–C–N with tert-alkyl or cyclic N) is 1. The van der Waals surface area contributed by atoms with Crippen molar-refractivity contribution in [1.82, 2.24) is 18.8 Å². The topological polar surface area (TPSA) is 76.9 Å². The van der Waals surface area contributed by atoms with Crippen molar-refractivity contribution in [1.29, 1.82) is 5.26 Å². The average molecular weight is 490 g/mol. The van der Waals surface area contributed by atoms with Crippen molar-refractivity contribution in [3.63, 3.8) is 0 Å². The number of para-hydroxylation sites is 2. The molecule has 180 valence electrons. The summed E-state index contributed by atoms with van der Waals surface area (Å²) in [4.78, 5) is 17.5. The molecule has 0 saturated carbocycles. The van der Waals surface area contributed by atoms with Crippen molar-refractivity contribution < 1.29 is 5.11 Å². The SMILES string of the molecule is Cc1cc(=O)n2c3ccccc3n(C[C@H](O)CN3CCN(Cc4ccc(Cl)cc4)CC3)c2c1C#N. The van der Waals surface area contributed by atoms with Gasteiger partial charge >= 0.3 is 0 Å². The zero-order chi connectivity index (χ0) is 24.5. The highest BCUT2D eigenvalue weighted by atomic mass is 35.5. The number of nitriles is 1. The van der Waals surface area contributed by atoms with Crippen LogP contribution in [0.1, 0.15) is 16.7 Å². The number of pyridine rings is 1. The lowest BCUT2D eigenvalue weighted by Crippen LogP contribution is -2.48. The Bertz CT molecular complexity index is 1460. The minimum absolute atomic E-state index is 0.169. The maximum atomic E-state index is 12.8. The van der Waals surface area contributed by atoms with Crippen LogP contribution in [-0.2, 0) is 13.1 Å². The molecule has 2 aromatic carbocycles. The molecule has 5 rings (SSSR count). The largest absolute Gasteiger partial charge is 0.390 e. The number of halogens is 1. The summed E-state index contributed by atoms with van der Waals surface area (Å²) in [5, 5.41) is 21.6. The minimum Gasteiger partial charge on any atom is -0.390 e. The standard InChI is InChI=1S/C27H28ClN5O2/c1-19-14-26(35)33-25-5-3-2-4-24(25)32(27(33)23(19)15-29)18-22(34)17-31-12-10-30(11-13-31)16-20-6-8-21(28)9-7-20/h2-9,14,22,34H,10-13,16-18H2,1H3/t22-/m1/s1. The van der Waals surface area contributed by atoms with Gasteiger partial charge < -0.3 is 9.67 Å². The second-order valence-electron chi connectivity index (χ2n) is 9.27. The van der Waals surface area contributed by atoms with Crippen LogP contribution in [0.5, 0.6) is 0 Å². The molecule has 0 radical (unpaired) electrons. The third kappa shape index (κ3) is 4.71. The van der Waals surface area contributed by atoms with Gasteiger partial charge in [-0.3, -0.25) is 19.0 Å². The van der Waals surface area contributed by atoms with Gasteiger partial charge in [-0.05, 0) is 42.3 Å². The number of fused-ring (bicyclic) bond motifs is 3. The molecule has 0 amide bonds. The van der Waals surface area contributed by atoms with E-state index in [2.05, 4.69) is 28.0 Å². The smallest absolute Gasteiger partial charge is 0.257 e. The van der Waals surface area contributed by atoms with Crippen molar-refractivity contribution in [3.05, 3.63) is 86.7 Å². The molecule has 8 heteroatoms. The van der Waals surface area contributed by atoms with Crippen LogP contribution in [0, 0.1) is 18.3 Å². The highest BCUT2D eigenvalue weighted by Crippen LogP contribution is 2.24. The Balaban J connectivity index is 1.31. The molecule has 0 unspecified atom stereocenters. The van der Waals surface area contributed by atoms with E-state index in [9.17, 15) is 15.2 Å². The Morgan fingerprint density at radius 3 is 2.34 bits per heavy atom. The predicted octanol–water partition coefficient (Wildman–Crippen LogP) is 3.27. The normalized spacial score (nSPS) is 16.1. The number of piperazine rings is 1. The summed E-state index contributed by atoms with van der Waals surface area (Å²) < 4.78 is 3.51. The number of aliphatic hydroxyl groups excluding tert-OH is 1. The molecule has 1 aliphatic heterocycles. The van der Waals surface area contributed by atoms with E-state index in [1.807, 2.05) is 41.0 Å². The minimum atomic E-state index is -0.639. The number of nitrogens with zero attached hydrogens (tertiary/aromatic N) is 5. The summed E-state index contributed by atoms with van der Waals surface area (Å²) in [5.41, 5.74) is 4.30. The molecular weight excluding hydrogens is 462 g/mol. The third-order valence-corrected chi connectivity index (χ3v) is 7.07. The lowest BCUT2D eigenvalue weighted by molar-refractivity contribution is 0.0633. The molecule has 1 saturated heterocycles. The maximum absolute atomic E-state index is 12.8. The summed E-state index contributed by atoms with van der Waals surface area (Å²) in [6.45, 7) is 7.11. The first-order valence-electron chi connectivity index (χ1n) is 11.9. The van der Waals surface area contributed by atoms with Gasteiger partial charge in [0.25, 0.3) is 5.56 Å². The summed E-state index contributed by atoms with van der Waals surface area (Å²) >= 11 is 5.99. The van der Waals surface area contributed by atoms with E-state index in [-0.39, 0.29) is 5.56 Å². The molecule has 35 heavy (non-hydrogen) atoms. The van der Waals surface area contributed by atoms with Gasteiger partial charge in [0.05, 0.1) is 29.2 Å². The monoisotopic (exact) mass is 489 g/mol. The number of rotatable bonds is 6. The van der Waals surface area contributed by atoms with Gasteiger partial charge in [-0.15, -0.1) is 0 Å². The zero-order valence-corrected chi connectivity index (χ0v) is 20.4. The van der Waals surface area contributed by atoms with Gasteiger partial charge in [0.15, 0.2) is 0 Å². The number of hydrogen-bond acceptors (Lipinski definition) is 5. The van der Waals surface area contributed by atoms with E-state index in [1.165, 1.54) is 11.6 Å². The van der Waals surface area contributed by atoms with Crippen molar-refractivity contribution in [3.8, 4) is 6.07 Å². The first-order chi connectivity index (χ1) is 16.9. The van der Waals surface area contributed by atoms with Gasteiger partial charge in [-0.2, -0.15) is 5.26 Å². The fraction of sp³-hybridized carbons (Fsp3) is 0.333. The molecule has 0 spiro atoms. The van der Waals surface area contributed by atoms with Gasteiger partial charge in [0, 0.05) is 50.4 Å². The quantitative estimate of drug-likeness (QED) is 0.450.